The average molecular weight is 417 g/mol. The Bertz CT molecular complexity index is 961. The number of amides is 3. The predicted octanol–water partition coefficient (Wildman–Crippen LogP) is 4.26. The van der Waals surface area contributed by atoms with E-state index < -0.39 is 11.1 Å². The highest BCUT2D eigenvalue weighted by molar-refractivity contribution is 8.18. The zero-order chi connectivity index (χ0) is 19.7. The topological polar surface area (TPSA) is 70.8 Å². The second-order valence-corrected chi connectivity index (χ2v) is 7.99. The summed E-state index contributed by atoms with van der Waals surface area (Å²) in [6.07, 6.45) is 3.45. The molecule has 8 heteroatoms. The molecule has 2 aliphatic heterocycles. The van der Waals surface area contributed by atoms with E-state index in [4.69, 9.17) is 16.0 Å². The van der Waals surface area contributed by atoms with Crippen LogP contribution in [0.15, 0.2) is 45.7 Å². The first-order chi connectivity index (χ1) is 13.5. The third-order valence-electron chi connectivity index (χ3n) is 4.65. The summed E-state index contributed by atoms with van der Waals surface area (Å²) in [5.41, 5.74) is 0.855. The molecular weight excluding hydrogens is 400 g/mol. The van der Waals surface area contributed by atoms with Gasteiger partial charge in [-0.3, -0.25) is 19.3 Å². The highest BCUT2D eigenvalue weighted by atomic mass is 35.5. The van der Waals surface area contributed by atoms with Crippen LogP contribution < -0.4 is 0 Å². The van der Waals surface area contributed by atoms with Crippen LogP contribution in [0, 0.1) is 0 Å². The number of halogens is 1. The molecule has 0 spiro atoms. The van der Waals surface area contributed by atoms with Crippen LogP contribution in [0.1, 0.15) is 18.6 Å². The van der Waals surface area contributed by atoms with Crippen LogP contribution in [0.25, 0.3) is 17.4 Å². The lowest BCUT2D eigenvalue weighted by Gasteiger charge is -2.18. The van der Waals surface area contributed by atoms with Crippen LogP contribution in [0.5, 0.6) is 0 Å². The molecule has 2 fully saturated rings. The number of hydrogen-bond acceptors (Lipinski definition) is 5. The van der Waals surface area contributed by atoms with Gasteiger partial charge in [-0.05, 0) is 61.0 Å². The summed E-state index contributed by atoms with van der Waals surface area (Å²) in [4.78, 5) is 40.0. The minimum atomic E-state index is -0.466. The molecule has 2 aromatic rings. The highest BCUT2D eigenvalue weighted by Crippen LogP contribution is 2.33. The van der Waals surface area contributed by atoms with Gasteiger partial charge in [-0.25, -0.2) is 0 Å². The van der Waals surface area contributed by atoms with Crippen molar-refractivity contribution in [1.82, 2.24) is 9.80 Å². The summed E-state index contributed by atoms with van der Waals surface area (Å²) in [7, 11) is 0. The molecule has 1 aromatic carbocycles. The molecule has 1 aromatic heterocycles. The van der Waals surface area contributed by atoms with Gasteiger partial charge in [0.05, 0.1) is 4.91 Å². The Morgan fingerprint density at radius 1 is 1.11 bits per heavy atom. The predicted molar refractivity (Wildman–Crippen MR) is 108 cm³/mol. The Labute approximate surface area is 171 Å². The first-order valence-electron chi connectivity index (χ1n) is 8.90. The van der Waals surface area contributed by atoms with Crippen molar-refractivity contribution in [2.75, 3.05) is 19.6 Å². The molecule has 0 atom stereocenters. The molecule has 2 saturated heterocycles. The van der Waals surface area contributed by atoms with Gasteiger partial charge < -0.3 is 9.32 Å². The summed E-state index contributed by atoms with van der Waals surface area (Å²) in [5, 5.41) is 0.195. The SMILES string of the molecule is O=C(CN1C(=O)S/C(=C/c2ccc(-c3ccc(Cl)cc3)o2)C1=O)N1CCCC1. The van der Waals surface area contributed by atoms with E-state index in [0.717, 1.165) is 35.1 Å². The number of rotatable bonds is 4. The summed E-state index contributed by atoms with van der Waals surface area (Å²) in [6.45, 7) is 1.16. The van der Waals surface area contributed by atoms with Gasteiger partial charge in [-0.1, -0.05) is 11.6 Å². The van der Waals surface area contributed by atoms with Gasteiger partial charge in [-0.2, -0.15) is 0 Å². The van der Waals surface area contributed by atoms with Gasteiger partial charge >= 0.3 is 0 Å². The summed E-state index contributed by atoms with van der Waals surface area (Å²) in [5.74, 6) is 0.434. The average Bonchev–Trinajstić information content (AvgIpc) is 3.41. The summed E-state index contributed by atoms with van der Waals surface area (Å²) < 4.78 is 5.76. The zero-order valence-corrected chi connectivity index (χ0v) is 16.5. The van der Waals surface area contributed by atoms with Gasteiger partial charge in [0.15, 0.2) is 0 Å². The third-order valence-corrected chi connectivity index (χ3v) is 5.81. The zero-order valence-electron chi connectivity index (χ0n) is 14.9. The number of nitrogens with zero attached hydrogens (tertiary/aromatic N) is 2. The Hall–Kier alpha value is -2.51. The third kappa shape index (κ3) is 3.86. The Morgan fingerprint density at radius 2 is 1.82 bits per heavy atom. The maximum atomic E-state index is 12.6. The van der Waals surface area contributed by atoms with Crippen LogP contribution in [-0.4, -0.2) is 46.5 Å². The van der Waals surface area contributed by atoms with Crippen molar-refractivity contribution >= 4 is 46.5 Å². The molecule has 0 saturated carbocycles. The molecule has 2 aliphatic rings. The van der Waals surface area contributed by atoms with E-state index in [2.05, 4.69) is 0 Å². The lowest BCUT2D eigenvalue weighted by molar-refractivity contribution is -0.135. The molecule has 144 valence electrons. The van der Waals surface area contributed by atoms with E-state index >= 15 is 0 Å². The molecule has 0 radical (unpaired) electrons. The van der Waals surface area contributed by atoms with E-state index in [1.54, 1.807) is 29.2 Å². The number of benzene rings is 1. The fraction of sp³-hybridized carbons (Fsp3) is 0.250. The lowest BCUT2D eigenvalue weighted by Crippen LogP contribution is -2.40. The Kier molecular flexibility index (Phi) is 5.28. The number of likely N-dealkylation sites (tertiary alicyclic amines) is 1. The van der Waals surface area contributed by atoms with Crippen LogP contribution >= 0.6 is 23.4 Å². The quantitative estimate of drug-likeness (QED) is 0.696. The molecule has 28 heavy (non-hydrogen) atoms. The first-order valence-corrected chi connectivity index (χ1v) is 10.1. The number of thioether (sulfide) groups is 1. The molecule has 3 heterocycles. The summed E-state index contributed by atoms with van der Waals surface area (Å²) in [6, 6.07) is 10.7. The Balaban J connectivity index is 1.48. The first kappa shape index (κ1) is 18.8. The smallest absolute Gasteiger partial charge is 0.294 e. The van der Waals surface area contributed by atoms with Gasteiger partial charge in [0.25, 0.3) is 11.1 Å². The molecule has 4 rings (SSSR count). The van der Waals surface area contributed by atoms with Crippen molar-refractivity contribution in [1.29, 1.82) is 0 Å². The van der Waals surface area contributed by atoms with Crippen molar-refractivity contribution in [3.63, 3.8) is 0 Å². The van der Waals surface area contributed by atoms with Crippen LogP contribution in [0.4, 0.5) is 4.79 Å². The Morgan fingerprint density at radius 3 is 2.54 bits per heavy atom. The van der Waals surface area contributed by atoms with Crippen molar-refractivity contribution in [2.45, 2.75) is 12.8 Å². The number of furan rings is 1. The monoisotopic (exact) mass is 416 g/mol. The maximum Gasteiger partial charge on any atom is 0.294 e. The van der Waals surface area contributed by atoms with E-state index in [9.17, 15) is 14.4 Å². The summed E-state index contributed by atoms with van der Waals surface area (Å²) >= 11 is 6.71. The van der Waals surface area contributed by atoms with Gasteiger partial charge in [0.1, 0.15) is 18.1 Å². The molecule has 6 nitrogen and oxygen atoms in total. The maximum absolute atomic E-state index is 12.6. The minimum absolute atomic E-state index is 0.191. The molecule has 0 N–H and O–H groups in total. The minimum Gasteiger partial charge on any atom is -0.457 e. The number of carbonyl (C=O) groups excluding carboxylic acids is 3. The largest absolute Gasteiger partial charge is 0.457 e. The van der Waals surface area contributed by atoms with Crippen molar-refractivity contribution < 1.29 is 18.8 Å². The van der Waals surface area contributed by atoms with Crippen LogP contribution in [-0.2, 0) is 9.59 Å². The van der Waals surface area contributed by atoms with Crippen LogP contribution in [0.3, 0.4) is 0 Å². The molecule has 0 unspecified atom stereocenters. The number of imide groups is 1. The van der Waals surface area contributed by atoms with E-state index in [0.29, 0.717) is 29.6 Å². The fourth-order valence-electron chi connectivity index (χ4n) is 3.17. The lowest BCUT2D eigenvalue weighted by atomic mass is 10.2. The molecule has 0 aliphatic carbocycles. The van der Waals surface area contributed by atoms with Crippen molar-refractivity contribution in [2.24, 2.45) is 0 Å². The molecule has 0 bridgehead atoms. The van der Waals surface area contributed by atoms with Gasteiger partial charge in [0.2, 0.25) is 5.91 Å². The van der Waals surface area contributed by atoms with E-state index in [-0.39, 0.29) is 17.4 Å². The molecule has 3 amide bonds. The number of hydrogen-bond donors (Lipinski definition) is 0. The van der Waals surface area contributed by atoms with E-state index in [1.807, 2.05) is 12.1 Å². The van der Waals surface area contributed by atoms with Crippen molar-refractivity contribution in [3.8, 4) is 11.3 Å². The van der Waals surface area contributed by atoms with Gasteiger partial charge in [0, 0.05) is 29.8 Å². The fourth-order valence-corrected chi connectivity index (χ4v) is 4.11. The second-order valence-electron chi connectivity index (χ2n) is 6.56. The van der Waals surface area contributed by atoms with Crippen LogP contribution in [0.2, 0.25) is 5.02 Å². The molecular formula is C20H17ClN2O4S. The number of carbonyl (C=O) groups is 3. The van der Waals surface area contributed by atoms with E-state index in [1.165, 1.54) is 6.08 Å². The second kappa shape index (κ2) is 7.85. The standard InChI is InChI=1S/C20H17ClN2O4S/c21-14-5-3-13(4-6-14)16-8-7-15(27-16)11-17-19(25)23(20(26)28-17)12-18(24)22-9-1-2-10-22/h3-8,11H,1-2,9-10,12H2/b17-11+. The normalized spacial score (nSPS) is 18.5. The highest BCUT2D eigenvalue weighted by Gasteiger charge is 2.37. The van der Waals surface area contributed by atoms with Crippen molar-refractivity contribution in [3.05, 3.63) is 52.1 Å². The van der Waals surface area contributed by atoms with Gasteiger partial charge in [-0.15, -0.1) is 0 Å².